The van der Waals surface area contributed by atoms with E-state index in [2.05, 4.69) is 5.32 Å². The molecule has 0 aliphatic rings. The van der Waals surface area contributed by atoms with Crippen molar-refractivity contribution in [3.8, 4) is 5.75 Å². The first kappa shape index (κ1) is 15.7. The number of hydrogen-bond donors (Lipinski definition) is 2. The van der Waals surface area contributed by atoms with Crippen LogP contribution in [0.2, 0.25) is 5.02 Å². The number of halogens is 1. The second kappa shape index (κ2) is 6.71. The summed E-state index contributed by atoms with van der Waals surface area (Å²) in [6.45, 7) is 0.756. The van der Waals surface area contributed by atoms with E-state index in [4.69, 9.17) is 21.4 Å². The van der Waals surface area contributed by atoms with Crippen molar-refractivity contribution in [2.45, 2.75) is 13.0 Å². The molecule has 20 heavy (non-hydrogen) atoms. The van der Waals surface area contributed by atoms with Crippen LogP contribution in [-0.4, -0.2) is 34.6 Å². The van der Waals surface area contributed by atoms with E-state index in [1.807, 2.05) is 0 Å². The zero-order valence-electron chi connectivity index (χ0n) is 10.3. The highest BCUT2D eigenvalue weighted by molar-refractivity contribution is 6.32. The smallest absolute Gasteiger partial charge is 0.329 e. The predicted molar refractivity (Wildman–Crippen MR) is 68.8 cm³/mol. The van der Waals surface area contributed by atoms with Crippen LogP contribution in [0.3, 0.4) is 0 Å². The minimum Gasteiger partial charge on any atom is -0.489 e. The van der Waals surface area contributed by atoms with Gasteiger partial charge in [0.15, 0.2) is 6.04 Å². The van der Waals surface area contributed by atoms with Crippen molar-refractivity contribution in [3.63, 3.8) is 0 Å². The van der Waals surface area contributed by atoms with Crippen LogP contribution >= 0.6 is 11.6 Å². The molecule has 8 nitrogen and oxygen atoms in total. The third-order valence-corrected chi connectivity index (χ3v) is 2.52. The van der Waals surface area contributed by atoms with E-state index in [9.17, 15) is 19.7 Å². The van der Waals surface area contributed by atoms with Crippen molar-refractivity contribution in [2.75, 3.05) is 6.61 Å². The van der Waals surface area contributed by atoms with Crippen molar-refractivity contribution < 1.29 is 24.4 Å². The van der Waals surface area contributed by atoms with Gasteiger partial charge in [0.05, 0.1) is 16.0 Å². The Morgan fingerprint density at radius 1 is 1.55 bits per heavy atom. The first-order valence-corrected chi connectivity index (χ1v) is 5.75. The van der Waals surface area contributed by atoms with Gasteiger partial charge in [-0.05, 0) is 6.07 Å². The maximum atomic E-state index is 10.9. The number of ether oxygens (including phenoxy) is 1. The van der Waals surface area contributed by atoms with Gasteiger partial charge in [0, 0.05) is 13.0 Å². The summed E-state index contributed by atoms with van der Waals surface area (Å²) in [4.78, 5) is 31.7. The molecule has 0 saturated heterocycles. The fourth-order valence-corrected chi connectivity index (χ4v) is 1.48. The number of carbonyl (C=O) groups is 2. The molecule has 1 aromatic rings. The molecule has 108 valence electrons. The molecular weight excluding hydrogens is 292 g/mol. The molecule has 0 spiro atoms. The van der Waals surface area contributed by atoms with Crippen molar-refractivity contribution >= 4 is 29.2 Å². The first-order valence-electron chi connectivity index (χ1n) is 5.38. The molecule has 1 atom stereocenters. The Kier molecular flexibility index (Phi) is 5.27. The number of nitro groups is 1. The van der Waals surface area contributed by atoms with E-state index in [0.29, 0.717) is 0 Å². The molecule has 0 aromatic heterocycles. The topological polar surface area (TPSA) is 119 Å². The molecular formula is C11H11ClN2O6. The molecule has 1 unspecified atom stereocenters. The summed E-state index contributed by atoms with van der Waals surface area (Å²) in [5.74, 6) is -1.86. The number of rotatable bonds is 6. The van der Waals surface area contributed by atoms with Crippen LogP contribution in [0.1, 0.15) is 6.92 Å². The highest BCUT2D eigenvalue weighted by atomic mass is 35.5. The summed E-state index contributed by atoms with van der Waals surface area (Å²) in [6.07, 6.45) is 0. The van der Waals surface area contributed by atoms with E-state index in [0.717, 1.165) is 13.0 Å². The van der Waals surface area contributed by atoms with Crippen LogP contribution in [0.5, 0.6) is 5.75 Å². The maximum absolute atomic E-state index is 10.9. The Balaban J connectivity index is 2.81. The monoisotopic (exact) mass is 302 g/mol. The minimum atomic E-state index is -1.29. The quantitative estimate of drug-likeness (QED) is 0.602. The minimum absolute atomic E-state index is 0.0301. The molecule has 0 aliphatic carbocycles. The molecule has 0 fully saturated rings. The van der Waals surface area contributed by atoms with Gasteiger partial charge in [-0.15, -0.1) is 0 Å². The van der Waals surface area contributed by atoms with Crippen molar-refractivity contribution in [3.05, 3.63) is 33.3 Å². The molecule has 1 amide bonds. The Morgan fingerprint density at radius 2 is 2.20 bits per heavy atom. The number of nitro benzene ring substituents is 1. The van der Waals surface area contributed by atoms with Gasteiger partial charge in [-0.1, -0.05) is 11.6 Å². The average molecular weight is 303 g/mol. The molecule has 1 rings (SSSR count). The van der Waals surface area contributed by atoms with E-state index in [-0.39, 0.29) is 16.5 Å². The van der Waals surface area contributed by atoms with E-state index in [1.54, 1.807) is 0 Å². The summed E-state index contributed by atoms with van der Waals surface area (Å²) < 4.78 is 5.12. The number of non-ortho nitro benzene ring substituents is 1. The third kappa shape index (κ3) is 4.39. The standard InChI is InChI=1S/C11H11ClN2O6/c1-6(15)13-9(11(16)17)5-20-10-4-7(14(18)19)2-3-8(10)12/h2-4,9H,5H2,1H3,(H,13,15)(H,16,17). The number of nitrogens with one attached hydrogen (secondary N) is 1. The van der Waals surface area contributed by atoms with Crippen LogP contribution in [0, 0.1) is 10.1 Å². The van der Waals surface area contributed by atoms with Gasteiger partial charge in [0.25, 0.3) is 5.69 Å². The van der Waals surface area contributed by atoms with Crippen LogP contribution in [0.15, 0.2) is 18.2 Å². The second-order valence-electron chi connectivity index (χ2n) is 3.77. The summed E-state index contributed by atoms with van der Waals surface area (Å²) in [6, 6.07) is 2.26. The van der Waals surface area contributed by atoms with Crippen molar-refractivity contribution in [2.24, 2.45) is 0 Å². The fraction of sp³-hybridized carbons (Fsp3) is 0.273. The third-order valence-electron chi connectivity index (χ3n) is 2.21. The fourth-order valence-electron chi connectivity index (χ4n) is 1.31. The lowest BCUT2D eigenvalue weighted by molar-refractivity contribution is -0.384. The highest BCUT2D eigenvalue weighted by Crippen LogP contribution is 2.28. The van der Waals surface area contributed by atoms with Gasteiger partial charge in [-0.3, -0.25) is 14.9 Å². The largest absolute Gasteiger partial charge is 0.489 e. The molecule has 0 heterocycles. The summed E-state index contributed by atoms with van der Waals surface area (Å²) in [5.41, 5.74) is -0.240. The Hall–Kier alpha value is -2.35. The van der Waals surface area contributed by atoms with E-state index >= 15 is 0 Å². The van der Waals surface area contributed by atoms with Gasteiger partial charge < -0.3 is 15.2 Å². The Morgan fingerprint density at radius 3 is 2.70 bits per heavy atom. The Bertz CT molecular complexity index is 548. The van der Waals surface area contributed by atoms with E-state index < -0.39 is 29.4 Å². The molecule has 0 saturated carbocycles. The van der Waals surface area contributed by atoms with Crippen molar-refractivity contribution in [1.82, 2.24) is 5.32 Å². The van der Waals surface area contributed by atoms with Crippen LogP contribution < -0.4 is 10.1 Å². The lowest BCUT2D eigenvalue weighted by atomic mass is 10.3. The number of benzene rings is 1. The van der Waals surface area contributed by atoms with Crippen molar-refractivity contribution in [1.29, 1.82) is 0 Å². The number of carbonyl (C=O) groups excluding carboxylic acids is 1. The SMILES string of the molecule is CC(=O)NC(COc1cc([N+](=O)[O-])ccc1Cl)C(=O)O. The zero-order valence-corrected chi connectivity index (χ0v) is 11.1. The van der Waals surface area contributed by atoms with Gasteiger partial charge in [0.1, 0.15) is 12.4 Å². The molecule has 9 heteroatoms. The van der Waals surface area contributed by atoms with Gasteiger partial charge >= 0.3 is 5.97 Å². The molecule has 2 N–H and O–H groups in total. The summed E-state index contributed by atoms with van der Waals surface area (Å²) >= 11 is 5.79. The number of aliphatic carboxylic acids is 1. The molecule has 0 aliphatic heterocycles. The molecule has 1 aromatic carbocycles. The Labute approximate surface area is 118 Å². The van der Waals surface area contributed by atoms with Crippen LogP contribution in [0.4, 0.5) is 5.69 Å². The number of amides is 1. The lowest BCUT2D eigenvalue weighted by Crippen LogP contribution is -2.43. The number of carboxylic acids is 1. The van der Waals surface area contributed by atoms with Gasteiger partial charge in [0.2, 0.25) is 5.91 Å². The van der Waals surface area contributed by atoms with Gasteiger partial charge in [-0.2, -0.15) is 0 Å². The van der Waals surface area contributed by atoms with Crippen LogP contribution in [-0.2, 0) is 9.59 Å². The maximum Gasteiger partial charge on any atom is 0.329 e. The lowest BCUT2D eigenvalue weighted by Gasteiger charge is -2.14. The molecule has 0 radical (unpaired) electrons. The number of hydrogen-bond acceptors (Lipinski definition) is 5. The first-order chi connectivity index (χ1) is 9.31. The van der Waals surface area contributed by atoms with Gasteiger partial charge in [-0.25, -0.2) is 4.79 Å². The highest BCUT2D eigenvalue weighted by Gasteiger charge is 2.20. The normalized spacial score (nSPS) is 11.5. The number of carboxylic acid groups (broad SMARTS) is 1. The number of nitrogens with zero attached hydrogens (tertiary/aromatic N) is 1. The predicted octanol–water partition coefficient (Wildman–Crippen LogP) is 1.22. The average Bonchev–Trinajstić information content (AvgIpc) is 2.35. The molecule has 0 bridgehead atoms. The second-order valence-corrected chi connectivity index (χ2v) is 4.18. The van der Waals surface area contributed by atoms with E-state index in [1.165, 1.54) is 12.1 Å². The summed E-state index contributed by atoms with van der Waals surface area (Å²) in [7, 11) is 0. The zero-order chi connectivity index (χ0) is 15.3. The summed E-state index contributed by atoms with van der Waals surface area (Å²) in [5, 5.41) is 21.8. The van der Waals surface area contributed by atoms with Crippen LogP contribution in [0.25, 0.3) is 0 Å².